The second kappa shape index (κ2) is 7.28. The van der Waals surface area contributed by atoms with Crippen LogP contribution in [0.1, 0.15) is 31.2 Å². The Bertz CT molecular complexity index is 652. The number of halogens is 1. The summed E-state index contributed by atoms with van der Waals surface area (Å²) < 4.78 is 14.3. The van der Waals surface area contributed by atoms with Crippen LogP contribution in [0, 0.1) is 11.7 Å². The summed E-state index contributed by atoms with van der Waals surface area (Å²) in [6.07, 6.45) is 3.83. The van der Waals surface area contributed by atoms with Crippen LogP contribution in [0.2, 0.25) is 0 Å². The van der Waals surface area contributed by atoms with E-state index < -0.39 is 5.41 Å². The van der Waals surface area contributed by atoms with Gasteiger partial charge in [0, 0.05) is 51.4 Å². The molecule has 1 amide bonds. The first-order chi connectivity index (χ1) is 12.6. The molecule has 142 valence electrons. The zero-order valence-corrected chi connectivity index (χ0v) is 15.8. The van der Waals surface area contributed by atoms with Gasteiger partial charge in [-0.05, 0) is 44.7 Å². The zero-order valence-electron chi connectivity index (χ0n) is 15.8. The Morgan fingerprint density at radius 1 is 1.15 bits per heavy atom. The first kappa shape index (κ1) is 17.9. The van der Waals surface area contributed by atoms with Gasteiger partial charge in [-0.15, -0.1) is 0 Å². The predicted octanol–water partition coefficient (Wildman–Crippen LogP) is 2.34. The average Bonchev–Trinajstić information content (AvgIpc) is 3.45. The number of rotatable bonds is 4. The fourth-order valence-electron chi connectivity index (χ4n) is 4.67. The van der Waals surface area contributed by atoms with E-state index in [0.29, 0.717) is 11.5 Å². The Hall–Kier alpha value is -1.46. The maximum absolute atomic E-state index is 14.3. The number of likely N-dealkylation sites (tertiary alicyclic amines) is 1. The van der Waals surface area contributed by atoms with Crippen molar-refractivity contribution in [1.29, 1.82) is 0 Å². The summed E-state index contributed by atoms with van der Waals surface area (Å²) in [4.78, 5) is 20.2. The number of nitrogens with zero attached hydrogens (tertiary/aromatic N) is 3. The number of piperidine rings is 1. The van der Waals surface area contributed by atoms with Crippen LogP contribution in [0.4, 0.5) is 4.39 Å². The van der Waals surface area contributed by atoms with Crippen LogP contribution in [0.15, 0.2) is 24.3 Å². The van der Waals surface area contributed by atoms with Gasteiger partial charge in [0.1, 0.15) is 5.82 Å². The van der Waals surface area contributed by atoms with Gasteiger partial charge >= 0.3 is 0 Å². The van der Waals surface area contributed by atoms with Crippen molar-refractivity contribution in [2.45, 2.75) is 31.1 Å². The summed E-state index contributed by atoms with van der Waals surface area (Å²) in [6, 6.07) is 6.82. The molecule has 0 aromatic heterocycles. The van der Waals surface area contributed by atoms with E-state index >= 15 is 0 Å². The van der Waals surface area contributed by atoms with Crippen molar-refractivity contribution in [1.82, 2.24) is 14.7 Å². The van der Waals surface area contributed by atoms with Gasteiger partial charge in [-0.3, -0.25) is 4.79 Å². The predicted molar refractivity (Wildman–Crippen MR) is 101 cm³/mol. The SMILES string of the molecule is CN1CCN(C[C@@H]2CCCN(C(=O)C3(c4ccccc4F)CC3)C2)CC1. The molecule has 1 atom stereocenters. The number of likely N-dealkylation sites (N-methyl/N-ethyl adjacent to an activating group) is 1. The number of hydrogen-bond acceptors (Lipinski definition) is 3. The molecule has 3 fully saturated rings. The standard InChI is InChI=1S/C21H30FN3O/c1-23-11-13-24(14-12-23)15-17-5-4-10-25(16-17)20(26)21(8-9-21)18-6-2-3-7-19(18)22/h2-3,6-7,17H,4-5,8-16H2,1H3/t17-/m0/s1. The van der Waals surface area contributed by atoms with Crippen LogP contribution < -0.4 is 0 Å². The smallest absolute Gasteiger partial charge is 0.233 e. The van der Waals surface area contributed by atoms with Crippen molar-refractivity contribution >= 4 is 5.91 Å². The fraction of sp³-hybridized carbons (Fsp3) is 0.667. The molecule has 4 nitrogen and oxygen atoms in total. The summed E-state index contributed by atoms with van der Waals surface area (Å²) >= 11 is 0. The molecule has 2 aliphatic heterocycles. The molecular weight excluding hydrogens is 329 g/mol. The van der Waals surface area contributed by atoms with Crippen LogP contribution >= 0.6 is 0 Å². The lowest BCUT2D eigenvalue weighted by Gasteiger charge is -2.39. The molecule has 26 heavy (non-hydrogen) atoms. The Balaban J connectivity index is 1.40. The quantitative estimate of drug-likeness (QED) is 0.826. The van der Waals surface area contributed by atoms with Crippen LogP contribution in [0.25, 0.3) is 0 Å². The largest absolute Gasteiger partial charge is 0.342 e. The van der Waals surface area contributed by atoms with E-state index in [1.165, 1.54) is 12.5 Å². The maximum atomic E-state index is 14.3. The first-order valence-electron chi connectivity index (χ1n) is 10.0. The molecule has 5 heteroatoms. The van der Waals surface area contributed by atoms with Gasteiger partial charge in [-0.1, -0.05) is 18.2 Å². The third kappa shape index (κ3) is 3.52. The second-order valence-corrected chi connectivity index (χ2v) is 8.43. The molecule has 0 bridgehead atoms. The number of benzene rings is 1. The van der Waals surface area contributed by atoms with Gasteiger partial charge in [-0.25, -0.2) is 4.39 Å². The highest BCUT2D eigenvalue weighted by atomic mass is 19.1. The number of carbonyl (C=O) groups is 1. The normalized spacial score (nSPS) is 26.7. The van der Waals surface area contributed by atoms with E-state index in [9.17, 15) is 9.18 Å². The lowest BCUT2D eigenvalue weighted by molar-refractivity contribution is -0.136. The van der Waals surface area contributed by atoms with Crippen LogP contribution in [-0.4, -0.2) is 73.5 Å². The Morgan fingerprint density at radius 3 is 2.58 bits per heavy atom. The zero-order chi connectivity index (χ0) is 18.1. The monoisotopic (exact) mass is 359 g/mol. The second-order valence-electron chi connectivity index (χ2n) is 8.43. The number of piperazine rings is 1. The molecule has 1 aromatic rings. The lowest BCUT2D eigenvalue weighted by atomic mass is 9.90. The molecule has 1 aromatic carbocycles. The topological polar surface area (TPSA) is 26.8 Å². The summed E-state index contributed by atoms with van der Waals surface area (Å²) in [7, 11) is 2.18. The molecule has 4 rings (SSSR count). The molecule has 0 N–H and O–H groups in total. The first-order valence-corrected chi connectivity index (χ1v) is 10.0. The Labute approximate surface area is 155 Å². The van der Waals surface area contributed by atoms with Crippen molar-refractivity contribution in [3.63, 3.8) is 0 Å². The van der Waals surface area contributed by atoms with Crippen LogP contribution in [-0.2, 0) is 10.2 Å². The summed E-state index contributed by atoms with van der Waals surface area (Å²) in [5.41, 5.74) is 0.0207. The Morgan fingerprint density at radius 2 is 1.88 bits per heavy atom. The highest BCUT2D eigenvalue weighted by Gasteiger charge is 2.54. The summed E-state index contributed by atoms with van der Waals surface area (Å²) in [5, 5.41) is 0. The minimum atomic E-state index is -0.582. The van der Waals surface area contributed by atoms with Crippen LogP contribution in [0.3, 0.4) is 0 Å². The minimum Gasteiger partial charge on any atom is -0.342 e. The highest BCUT2D eigenvalue weighted by molar-refractivity contribution is 5.91. The number of amides is 1. The van der Waals surface area contributed by atoms with Gasteiger partial charge in [0.25, 0.3) is 0 Å². The van der Waals surface area contributed by atoms with E-state index in [2.05, 4.69) is 16.8 Å². The summed E-state index contributed by atoms with van der Waals surface area (Å²) in [5.74, 6) is 0.475. The number of carbonyl (C=O) groups excluding carboxylic acids is 1. The molecule has 0 radical (unpaired) electrons. The maximum Gasteiger partial charge on any atom is 0.233 e. The molecule has 0 spiro atoms. The fourth-order valence-corrected chi connectivity index (χ4v) is 4.67. The van der Waals surface area contributed by atoms with Gasteiger partial charge in [0.15, 0.2) is 0 Å². The van der Waals surface area contributed by atoms with Gasteiger partial charge in [0.05, 0.1) is 5.41 Å². The third-order valence-corrected chi connectivity index (χ3v) is 6.47. The van der Waals surface area contributed by atoms with Crippen molar-refractivity contribution < 1.29 is 9.18 Å². The van der Waals surface area contributed by atoms with E-state index in [0.717, 1.165) is 65.1 Å². The van der Waals surface area contributed by atoms with Crippen molar-refractivity contribution in [2.75, 3.05) is 52.9 Å². The molecule has 1 saturated carbocycles. The minimum absolute atomic E-state index is 0.158. The molecule has 0 unspecified atom stereocenters. The third-order valence-electron chi connectivity index (χ3n) is 6.47. The molecule has 1 aliphatic carbocycles. The highest BCUT2D eigenvalue weighted by Crippen LogP contribution is 2.50. The van der Waals surface area contributed by atoms with E-state index in [4.69, 9.17) is 0 Å². The van der Waals surface area contributed by atoms with Gasteiger partial charge in [0.2, 0.25) is 5.91 Å². The molecule has 2 heterocycles. The molecule has 3 aliphatic rings. The van der Waals surface area contributed by atoms with Crippen molar-refractivity contribution in [3.05, 3.63) is 35.6 Å². The van der Waals surface area contributed by atoms with Gasteiger partial charge < -0.3 is 14.7 Å². The van der Waals surface area contributed by atoms with E-state index in [-0.39, 0.29) is 11.7 Å². The van der Waals surface area contributed by atoms with Gasteiger partial charge in [-0.2, -0.15) is 0 Å². The Kier molecular flexibility index (Phi) is 5.02. The average molecular weight is 359 g/mol. The lowest BCUT2D eigenvalue weighted by Crippen LogP contribution is -2.50. The number of hydrogen-bond donors (Lipinski definition) is 0. The van der Waals surface area contributed by atoms with Crippen molar-refractivity contribution in [3.8, 4) is 0 Å². The van der Waals surface area contributed by atoms with E-state index in [1.54, 1.807) is 12.1 Å². The molecule has 2 saturated heterocycles. The summed E-state index contributed by atoms with van der Waals surface area (Å²) in [6.45, 7) is 7.26. The molecular formula is C21H30FN3O. The van der Waals surface area contributed by atoms with E-state index in [1.807, 2.05) is 11.0 Å². The van der Waals surface area contributed by atoms with Crippen LogP contribution in [0.5, 0.6) is 0 Å². The van der Waals surface area contributed by atoms with Crippen molar-refractivity contribution in [2.24, 2.45) is 5.92 Å².